The number of methoxy groups -OCH3 is 1. The molecule has 1 aromatic heterocycles. The van der Waals surface area contributed by atoms with E-state index in [1.807, 2.05) is 0 Å². The number of hydrogen-bond acceptors (Lipinski definition) is 3. The lowest BCUT2D eigenvalue weighted by molar-refractivity contribution is -0.176. The monoisotopic (exact) mass is 265 g/mol. The summed E-state index contributed by atoms with van der Waals surface area (Å²) < 4.78 is 44.5. The molecule has 0 aliphatic heterocycles. The van der Waals surface area contributed by atoms with Crippen LogP contribution in [0.25, 0.3) is 0 Å². The van der Waals surface area contributed by atoms with Gasteiger partial charge in [-0.2, -0.15) is 19.0 Å². The molecular formula is C10H14F3N3O2. The van der Waals surface area contributed by atoms with Crippen molar-refractivity contribution < 1.29 is 22.8 Å². The number of halogens is 3. The number of carbonyl (C=O) groups excluding carboxylic acids is 1. The summed E-state index contributed by atoms with van der Waals surface area (Å²) in [4.78, 5) is 11.2. The molecule has 0 saturated carbocycles. The number of carbonyl (C=O) groups is 1. The lowest BCUT2D eigenvalue weighted by Gasteiger charge is -2.19. The predicted molar refractivity (Wildman–Crippen MR) is 56.3 cm³/mol. The minimum Gasteiger partial charge on any atom is -0.385 e. The molecule has 0 bridgehead atoms. The van der Waals surface area contributed by atoms with Crippen LogP contribution in [0.1, 0.15) is 18.5 Å². The van der Waals surface area contributed by atoms with Gasteiger partial charge < -0.3 is 4.74 Å². The molecular weight excluding hydrogens is 251 g/mol. The van der Waals surface area contributed by atoms with Crippen LogP contribution < -0.4 is 0 Å². The number of nitrogens with zero attached hydrogens (tertiary/aromatic N) is 2. The predicted octanol–water partition coefficient (Wildman–Crippen LogP) is 1.68. The molecule has 0 unspecified atom stereocenters. The Labute approximate surface area is 102 Å². The van der Waals surface area contributed by atoms with E-state index < -0.39 is 29.9 Å². The summed E-state index contributed by atoms with van der Waals surface area (Å²) >= 11 is 0. The molecule has 0 aromatic carbocycles. The van der Waals surface area contributed by atoms with Crippen molar-refractivity contribution in [2.75, 3.05) is 13.7 Å². The first-order valence-corrected chi connectivity index (χ1v) is 5.30. The zero-order valence-corrected chi connectivity index (χ0v) is 9.83. The van der Waals surface area contributed by atoms with Gasteiger partial charge in [0.2, 0.25) is 0 Å². The minimum absolute atomic E-state index is 0.0207. The van der Waals surface area contributed by atoms with Crippen molar-refractivity contribution in [3.05, 3.63) is 18.0 Å². The summed E-state index contributed by atoms with van der Waals surface area (Å²) in [5.74, 6) is -5.58. The van der Waals surface area contributed by atoms with Gasteiger partial charge in [0.15, 0.2) is 0 Å². The lowest BCUT2D eigenvalue weighted by atomic mass is 10.1. The highest BCUT2D eigenvalue weighted by atomic mass is 19.3. The molecule has 1 rings (SSSR count). The van der Waals surface area contributed by atoms with Crippen molar-refractivity contribution >= 4 is 5.91 Å². The normalized spacial score (nSPS) is 11.6. The molecule has 0 aliphatic rings. The van der Waals surface area contributed by atoms with E-state index in [9.17, 15) is 18.1 Å². The molecule has 0 atom stereocenters. The van der Waals surface area contributed by atoms with Crippen LogP contribution in [0.2, 0.25) is 0 Å². The van der Waals surface area contributed by atoms with Crippen LogP contribution in [0, 0.1) is 0 Å². The van der Waals surface area contributed by atoms with Gasteiger partial charge >= 0.3 is 11.8 Å². The van der Waals surface area contributed by atoms with Gasteiger partial charge in [0.1, 0.15) is 0 Å². The summed E-state index contributed by atoms with van der Waals surface area (Å²) in [5.41, 5.74) is 0.235. The van der Waals surface area contributed by atoms with Crippen LogP contribution in [-0.4, -0.2) is 40.9 Å². The molecule has 1 aromatic rings. The Hall–Kier alpha value is -1.57. The molecule has 0 saturated heterocycles. The molecule has 18 heavy (non-hydrogen) atoms. The third-order valence-corrected chi connectivity index (χ3v) is 2.24. The number of aromatic amines is 1. The van der Waals surface area contributed by atoms with Gasteiger partial charge in [-0.15, -0.1) is 0 Å². The van der Waals surface area contributed by atoms with E-state index in [4.69, 9.17) is 0 Å². The van der Waals surface area contributed by atoms with Gasteiger partial charge in [0.25, 0.3) is 0 Å². The number of ether oxygens (including phenoxy) is 1. The van der Waals surface area contributed by atoms with E-state index >= 15 is 0 Å². The molecule has 0 spiro atoms. The summed E-state index contributed by atoms with van der Waals surface area (Å²) in [6.45, 7) is -0.492. The molecule has 1 N–H and O–H groups in total. The number of alkyl halides is 2. The van der Waals surface area contributed by atoms with Gasteiger partial charge in [0.05, 0.1) is 12.2 Å². The Balaban J connectivity index is 2.50. The average molecular weight is 265 g/mol. The molecule has 0 aliphatic carbocycles. The molecule has 1 amide bonds. The molecule has 0 fully saturated rings. The van der Waals surface area contributed by atoms with Gasteiger partial charge in [-0.1, -0.05) is 4.48 Å². The zero-order valence-electron chi connectivity index (χ0n) is 9.83. The molecule has 8 heteroatoms. The number of rotatable bonds is 7. The van der Waals surface area contributed by atoms with Crippen molar-refractivity contribution in [3.63, 3.8) is 0 Å². The van der Waals surface area contributed by atoms with Gasteiger partial charge in [-0.3, -0.25) is 9.89 Å². The maximum absolute atomic E-state index is 13.3. The minimum atomic E-state index is -3.73. The fourth-order valence-corrected chi connectivity index (χ4v) is 1.32. The summed E-state index contributed by atoms with van der Waals surface area (Å²) in [6, 6.07) is 1.39. The van der Waals surface area contributed by atoms with Gasteiger partial charge in [-0.05, 0) is 12.5 Å². The summed E-state index contributed by atoms with van der Waals surface area (Å²) in [5, 5.41) is 5.39. The first-order valence-electron chi connectivity index (χ1n) is 5.30. The maximum Gasteiger partial charge on any atom is 0.327 e. The van der Waals surface area contributed by atoms with Crippen molar-refractivity contribution in [1.29, 1.82) is 0 Å². The van der Waals surface area contributed by atoms with Crippen molar-refractivity contribution in [2.24, 2.45) is 0 Å². The van der Waals surface area contributed by atoms with E-state index in [2.05, 4.69) is 14.9 Å². The highest BCUT2D eigenvalue weighted by molar-refractivity contribution is 5.82. The fraction of sp³-hybridized carbons (Fsp3) is 0.600. The Bertz CT molecular complexity index is 370. The van der Waals surface area contributed by atoms with Gasteiger partial charge in [-0.25, -0.2) is 0 Å². The Morgan fingerprint density at radius 2 is 2.33 bits per heavy atom. The SMILES string of the molecule is COCCCC(F)(F)C(=O)N(F)Cc1ccn[nH]1. The van der Waals surface area contributed by atoms with Crippen LogP contribution in [-0.2, 0) is 16.1 Å². The van der Waals surface area contributed by atoms with E-state index in [1.54, 1.807) is 0 Å². The fourth-order valence-electron chi connectivity index (χ4n) is 1.32. The van der Waals surface area contributed by atoms with Crippen LogP contribution in [0.3, 0.4) is 0 Å². The van der Waals surface area contributed by atoms with Crippen LogP contribution >= 0.6 is 0 Å². The lowest BCUT2D eigenvalue weighted by Crippen LogP contribution is -2.39. The van der Waals surface area contributed by atoms with Crippen molar-refractivity contribution in [1.82, 2.24) is 15.3 Å². The maximum atomic E-state index is 13.3. The number of amides is 1. The standard InChI is InChI=1S/C10H14F3N3O2/c1-18-6-2-4-10(11,12)9(17)16(13)7-8-3-5-14-15-8/h3,5H,2,4,6-7H2,1H3,(H,14,15). The zero-order chi connectivity index (χ0) is 13.6. The van der Waals surface area contributed by atoms with Gasteiger partial charge in [0, 0.05) is 26.3 Å². The smallest absolute Gasteiger partial charge is 0.327 e. The van der Waals surface area contributed by atoms with E-state index in [0.29, 0.717) is 0 Å². The highest BCUT2D eigenvalue weighted by Gasteiger charge is 2.42. The number of nitrogens with one attached hydrogen (secondary N) is 1. The van der Waals surface area contributed by atoms with E-state index in [0.717, 1.165) is 0 Å². The second-order valence-electron chi connectivity index (χ2n) is 3.71. The first-order chi connectivity index (χ1) is 8.47. The van der Waals surface area contributed by atoms with Crippen LogP contribution in [0.4, 0.5) is 13.3 Å². The van der Waals surface area contributed by atoms with Crippen LogP contribution in [0.5, 0.6) is 0 Å². The second-order valence-corrected chi connectivity index (χ2v) is 3.71. The Kier molecular flexibility index (Phi) is 5.14. The highest BCUT2D eigenvalue weighted by Crippen LogP contribution is 2.24. The number of H-pyrrole nitrogens is 1. The van der Waals surface area contributed by atoms with Crippen LogP contribution in [0.15, 0.2) is 12.3 Å². The number of hydrogen-bond donors (Lipinski definition) is 1. The molecule has 0 radical (unpaired) electrons. The average Bonchev–Trinajstić information content (AvgIpc) is 2.81. The quantitative estimate of drug-likeness (QED) is 0.603. The first kappa shape index (κ1) is 14.5. The topological polar surface area (TPSA) is 58.2 Å². The van der Waals surface area contributed by atoms with Crippen molar-refractivity contribution in [3.8, 4) is 0 Å². The third kappa shape index (κ3) is 4.02. The largest absolute Gasteiger partial charge is 0.385 e. The number of aromatic nitrogens is 2. The summed E-state index contributed by atoms with van der Waals surface area (Å²) in [7, 11) is 1.36. The third-order valence-electron chi connectivity index (χ3n) is 2.24. The second kappa shape index (κ2) is 6.39. The summed E-state index contributed by atoms with van der Waals surface area (Å²) in [6.07, 6.45) is 0.570. The Morgan fingerprint density at radius 1 is 1.61 bits per heavy atom. The molecule has 1 heterocycles. The molecule has 5 nitrogen and oxygen atoms in total. The molecule has 102 valence electrons. The van der Waals surface area contributed by atoms with E-state index in [1.165, 1.54) is 19.4 Å². The van der Waals surface area contributed by atoms with Crippen molar-refractivity contribution in [2.45, 2.75) is 25.3 Å². The Morgan fingerprint density at radius 3 is 2.89 bits per heavy atom. The van der Waals surface area contributed by atoms with E-state index in [-0.39, 0.29) is 18.7 Å².